The second-order valence-electron chi connectivity index (χ2n) is 6.11. The zero-order valence-electron chi connectivity index (χ0n) is 15.9. The molecule has 0 radical (unpaired) electrons. The third kappa shape index (κ3) is 3.51. The molecule has 28 heavy (non-hydrogen) atoms. The summed E-state index contributed by atoms with van der Waals surface area (Å²) in [6.45, 7) is 4.04. The van der Waals surface area contributed by atoms with Crippen LogP contribution in [0.2, 0.25) is 0 Å². The van der Waals surface area contributed by atoms with E-state index in [1.54, 1.807) is 44.2 Å². The SMILES string of the molecule is CCOc1cccc(/C=C2\C(=O)N(Cc3ccco3)C(C)=C2C(=O)OC)c1O. The number of phenols is 1. The molecule has 7 heteroatoms. The van der Waals surface area contributed by atoms with E-state index in [1.807, 2.05) is 0 Å². The number of furan rings is 1. The number of nitrogens with zero attached hydrogens (tertiary/aromatic N) is 1. The van der Waals surface area contributed by atoms with Crippen LogP contribution in [-0.2, 0) is 20.9 Å². The monoisotopic (exact) mass is 383 g/mol. The van der Waals surface area contributed by atoms with Gasteiger partial charge in [0.15, 0.2) is 11.5 Å². The van der Waals surface area contributed by atoms with Gasteiger partial charge in [0.05, 0.1) is 37.7 Å². The molecule has 0 bridgehead atoms. The Hall–Kier alpha value is -3.48. The van der Waals surface area contributed by atoms with Crippen molar-refractivity contribution in [2.45, 2.75) is 20.4 Å². The Morgan fingerprint density at radius 1 is 1.29 bits per heavy atom. The summed E-state index contributed by atoms with van der Waals surface area (Å²) in [7, 11) is 1.26. The van der Waals surface area contributed by atoms with E-state index in [4.69, 9.17) is 13.9 Å². The zero-order valence-corrected chi connectivity index (χ0v) is 15.9. The number of aromatic hydroxyl groups is 1. The van der Waals surface area contributed by atoms with Gasteiger partial charge >= 0.3 is 5.97 Å². The third-order valence-corrected chi connectivity index (χ3v) is 4.43. The minimum atomic E-state index is -0.625. The summed E-state index contributed by atoms with van der Waals surface area (Å²) in [4.78, 5) is 26.9. The molecule has 1 amide bonds. The van der Waals surface area contributed by atoms with Crippen LogP contribution < -0.4 is 4.74 Å². The lowest BCUT2D eigenvalue weighted by atomic mass is 10.0. The largest absolute Gasteiger partial charge is 0.504 e. The average molecular weight is 383 g/mol. The van der Waals surface area contributed by atoms with Crippen molar-refractivity contribution in [3.63, 3.8) is 0 Å². The van der Waals surface area contributed by atoms with Crippen LogP contribution in [0.25, 0.3) is 6.08 Å². The Morgan fingerprint density at radius 3 is 2.71 bits per heavy atom. The van der Waals surface area contributed by atoms with Gasteiger partial charge in [0.2, 0.25) is 0 Å². The van der Waals surface area contributed by atoms with Crippen molar-refractivity contribution in [2.75, 3.05) is 13.7 Å². The maximum Gasteiger partial charge on any atom is 0.340 e. The first-order valence-electron chi connectivity index (χ1n) is 8.78. The lowest BCUT2D eigenvalue weighted by Gasteiger charge is -2.16. The van der Waals surface area contributed by atoms with Crippen molar-refractivity contribution in [3.05, 3.63) is 64.8 Å². The van der Waals surface area contributed by atoms with E-state index < -0.39 is 5.97 Å². The molecule has 0 atom stereocenters. The maximum atomic E-state index is 13.1. The Kier molecular flexibility index (Phi) is 5.54. The van der Waals surface area contributed by atoms with Crippen LogP contribution in [0.4, 0.5) is 0 Å². The normalized spacial score (nSPS) is 15.5. The number of rotatable bonds is 6. The second-order valence-corrected chi connectivity index (χ2v) is 6.11. The van der Waals surface area contributed by atoms with Crippen LogP contribution in [0.1, 0.15) is 25.2 Å². The maximum absolute atomic E-state index is 13.1. The number of phenolic OH excluding ortho intramolecular Hbond substituents is 1. The number of amides is 1. The van der Waals surface area contributed by atoms with Crippen molar-refractivity contribution in [3.8, 4) is 11.5 Å². The average Bonchev–Trinajstić information content (AvgIpc) is 3.27. The highest BCUT2D eigenvalue weighted by molar-refractivity contribution is 6.16. The highest BCUT2D eigenvalue weighted by Gasteiger charge is 2.37. The number of carbonyl (C=O) groups is 2. The van der Waals surface area contributed by atoms with Crippen molar-refractivity contribution in [2.24, 2.45) is 0 Å². The van der Waals surface area contributed by atoms with Crippen molar-refractivity contribution in [1.29, 1.82) is 0 Å². The number of para-hydroxylation sites is 1. The molecule has 146 valence electrons. The summed E-state index contributed by atoms with van der Waals surface area (Å²) >= 11 is 0. The van der Waals surface area contributed by atoms with Gasteiger partial charge < -0.3 is 23.9 Å². The van der Waals surface area contributed by atoms with Crippen molar-refractivity contribution in [1.82, 2.24) is 4.90 Å². The molecule has 2 heterocycles. The van der Waals surface area contributed by atoms with E-state index in [2.05, 4.69) is 0 Å². The minimum Gasteiger partial charge on any atom is -0.504 e. The smallest absolute Gasteiger partial charge is 0.340 e. The number of ether oxygens (including phenoxy) is 2. The highest BCUT2D eigenvalue weighted by atomic mass is 16.5. The molecule has 0 saturated carbocycles. The van der Waals surface area contributed by atoms with E-state index in [1.165, 1.54) is 24.3 Å². The van der Waals surface area contributed by atoms with E-state index in [0.717, 1.165) is 0 Å². The molecule has 0 aliphatic carbocycles. The first-order chi connectivity index (χ1) is 13.5. The molecule has 1 aliphatic heterocycles. The summed E-state index contributed by atoms with van der Waals surface area (Å²) in [5.74, 6) is -0.222. The number of carbonyl (C=O) groups excluding carboxylic acids is 2. The van der Waals surface area contributed by atoms with Crippen LogP contribution in [0, 0.1) is 0 Å². The number of methoxy groups -OCH3 is 1. The van der Waals surface area contributed by atoms with Gasteiger partial charge in [-0.1, -0.05) is 12.1 Å². The van der Waals surface area contributed by atoms with Crippen molar-refractivity contribution < 1.29 is 28.6 Å². The van der Waals surface area contributed by atoms with E-state index >= 15 is 0 Å². The fourth-order valence-corrected chi connectivity index (χ4v) is 3.06. The van der Waals surface area contributed by atoms with E-state index in [0.29, 0.717) is 29.4 Å². The van der Waals surface area contributed by atoms with Gasteiger partial charge in [-0.25, -0.2) is 4.79 Å². The molecule has 0 saturated heterocycles. The zero-order chi connectivity index (χ0) is 20.3. The summed E-state index contributed by atoms with van der Waals surface area (Å²) < 4.78 is 15.6. The molecule has 3 rings (SSSR count). The molecule has 1 aromatic heterocycles. The Bertz CT molecular complexity index is 955. The van der Waals surface area contributed by atoms with Crippen LogP contribution in [-0.4, -0.2) is 35.6 Å². The second kappa shape index (κ2) is 8.04. The molecule has 0 unspecified atom stereocenters. The van der Waals surface area contributed by atoms with Gasteiger partial charge in [-0.15, -0.1) is 0 Å². The van der Waals surface area contributed by atoms with E-state index in [9.17, 15) is 14.7 Å². The Balaban J connectivity index is 2.06. The molecule has 1 N–H and O–H groups in total. The number of hydrogen-bond donors (Lipinski definition) is 1. The highest BCUT2D eigenvalue weighted by Crippen LogP contribution is 2.36. The van der Waals surface area contributed by atoms with Crippen LogP contribution in [0.15, 0.2) is 57.9 Å². The molecule has 2 aromatic rings. The fourth-order valence-electron chi connectivity index (χ4n) is 3.06. The first-order valence-corrected chi connectivity index (χ1v) is 8.78. The summed E-state index contributed by atoms with van der Waals surface area (Å²) in [6.07, 6.45) is 2.99. The summed E-state index contributed by atoms with van der Waals surface area (Å²) in [5.41, 5.74) is 1.11. The van der Waals surface area contributed by atoms with Gasteiger partial charge in [0.25, 0.3) is 5.91 Å². The third-order valence-electron chi connectivity index (χ3n) is 4.43. The molecule has 0 fully saturated rings. The molecular weight excluding hydrogens is 362 g/mol. The number of hydrogen-bond acceptors (Lipinski definition) is 6. The minimum absolute atomic E-state index is 0.101. The van der Waals surface area contributed by atoms with Gasteiger partial charge in [-0.3, -0.25) is 4.79 Å². The Labute approximate surface area is 162 Å². The summed E-state index contributed by atoms with van der Waals surface area (Å²) in [5, 5.41) is 10.4. The molecule has 1 aliphatic rings. The van der Waals surface area contributed by atoms with Gasteiger partial charge in [-0.05, 0) is 38.1 Å². The molecule has 1 aromatic carbocycles. The van der Waals surface area contributed by atoms with Crippen LogP contribution in [0.3, 0.4) is 0 Å². The number of benzene rings is 1. The summed E-state index contributed by atoms with van der Waals surface area (Å²) in [6, 6.07) is 8.44. The molecule has 7 nitrogen and oxygen atoms in total. The Morgan fingerprint density at radius 2 is 2.07 bits per heavy atom. The number of esters is 1. The predicted molar refractivity (Wildman–Crippen MR) is 101 cm³/mol. The molecular formula is C21H21NO6. The number of allylic oxidation sites excluding steroid dienone is 1. The van der Waals surface area contributed by atoms with Gasteiger partial charge in [0, 0.05) is 11.3 Å². The van der Waals surface area contributed by atoms with Crippen LogP contribution in [0.5, 0.6) is 11.5 Å². The van der Waals surface area contributed by atoms with Gasteiger partial charge in [-0.2, -0.15) is 0 Å². The lowest BCUT2D eigenvalue weighted by molar-refractivity contribution is -0.136. The fraction of sp³-hybridized carbons (Fsp3) is 0.238. The standard InChI is InChI=1S/C21H21NO6/c1-4-27-17-9-5-7-14(19(17)23)11-16-18(21(25)26-3)13(2)22(20(16)24)12-15-8-6-10-28-15/h5-11,23H,4,12H2,1-3H3/b16-11-. The quantitative estimate of drug-likeness (QED) is 0.608. The van der Waals surface area contributed by atoms with Crippen LogP contribution >= 0.6 is 0 Å². The van der Waals surface area contributed by atoms with Gasteiger partial charge in [0.1, 0.15) is 5.76 Å². The topological polar surface area (TPSA) is 89.2 Å². The lowest BCUT2D eigenvalue weighted by Crippen LogP contribution is -2.24. The molecule has 0 spiro atoms. The van der Waals surface area contributed by atoms with Crippen molar-refractivity contribution >= 4 is 18.0 Å². The predicted octanol–water partition coefficient (Wildman–Crippen LogP) is 3.26. The first kappa shape index (κ1) is 19.3. The van der Waals surface area contributed by atoms with E-state index in [-0.39, 0.29) is 29.3 Å².